The summed E-state index contributed by atoms with van der Waals surface area (Å²) in [6.07, 6.45) is 0.970. The number of rotatable bonds is 0. The van der Waals surface area contributed by atoms with E-state index in [1.807, 2.05) is 12.1 Å². The minimum absolute atomic E-state index is 0.970. The topological polar surface area (TPSA) is 12.0 Å². The number of nitrogens with one attached hydrogen (secondary N) is 1. The van der Waals surface area contributed by atoms with Crippen LogP contribution in [0.3, 0.4) is 0 Å². The summed E-state index contributed by atoms with van der Waals surface area (Å²) >= 11 is 4.49. The van der Waals surface area contributed by atoms with Crippen molar-refractivity contribution in [3.63, 3.8) is 0 Å². The Hall–Kier alpha value is -1.41. The summed E-state index contributed by atoms with van der Waals surface area (Å²) in [5, 5.41) is 3.43. The number of anilines is 2. The molecule has 0 fully saturated rings. The Morgan fingerprint density at radius 3 is 2.67 bits per heavy atom. The second-order valence-corrected chi connectivity index (χ2v) is 4.24. The van der Waals surface area contributed by atoms with Crippen molar-refractivity contribution in [2.45, 2.75) is 11.3 Å². The smallest absolute Gasteiger partial charge is 0.0431 e. The van der Waals surface area contributed by atoms with Crippen molar-refractivity contribution in [3.05, 3.63) is 53.6 Å². The molecule has 1 N–H and O–H groups in total. The number of benzene rings is 2. The fourth-order valence-corrected chi connectivity index (χ4v) is 2.30. The molecule has 0 aliphatic carbocycles. The fourth-order valence-electron chi connectivity index (χ4n) is 2.01. The van der Waals surface area contributed by atoms with Gasteiger partial charge in [-0.15, -0.1) is 12.6 Å². The summed E-state index contributed by atoms with van der Waals surface area (Å²) in [4.78, 5) is 1.06. The van der Waals surface area contributed by atoms with Crippen molar-refractivity contribution in [2.75, 3.05) is 5.32 Å². The molecule has 2 heteroatoms. The van der Waals surface area contributed by atoms with Crippen LogP contribution in [-0.2, 0) is 6.42 Å². The van der Waals surface area contributed by atoms with Gasteiger partial charge < -0.3 is 5.32 Å². The lowest BCUT2D eigenvalue weighted by atomic mass is 9.97. The van der Waals surface area contributed by atoms with Gasteiger partial charge in [-0.2, -0.15) is 0 Å². The lowest BCUT2D eigenvalue weighted by Gasteiger charge is -2.22. The van der Waals surface area contributed by atoms with Crippen molar-refractivity contribution in [1.29, 1.82) is 0 Å². The van der Waals surface area contributed by atoms with E-state index in [0.717, 1.165) is 11.3 Å². The molecule has 1 nitrogen and oxygen atoms in total. The Morgan fingerprint density at radius 1 is 0.933 bits per heavy atom. The van der Waals surface area contributed by atoms with Crippen LogP contribution >= 0.6 is 12.6 Å². The average molecular weight is 213 g/mol. The molecule has 1 aliphatic rings. The molecule has 0 saturated heterocycles. The Balaban J connectivity index is 2.15. The zero-order chi connectivity index (χ0) is 10.3. The van der Waals surface area contributed by atoms with Gasteiger partial charge in [0.2, 0.25) is 0 Å². The molecule has 15 heavy (non-hydrogen) atoms. The van der Waals surface area contributed by atoms with Gasteiger partial charge in [0.25, 0.3) is 0 Å². The number of para-hydroxylation sites is 1. The third kappa shape index (κ3) is 1.41. The predicted octanol–water partition coefficient (Wildman–Crippen LogP) is 3.62. The quantitative estimate of drug-likeness (QED) is 0.543. The monoisotopic (exact) mass is 213 g/mol. The molecule has 74 valence electrons. The van der Waals surface area contributed by atoms with E-state index >= 15 is 0 Å². The van der Waals surface area contributed by atoms with Gasteiger partial charge in [-0.25, -0.2) is 0 Å². The molecule has 0 aromatic heterocycles. The van der Waals surface area contributed by atoms with Gasteiger partial charge >= 0.3 is 0 Å². The lowest BCUT2D eigenvalue weighted by Crippen LogP contribution is -2.06. The van der Waals surface area contributed by atoms with Crippen LogP contribution in [0, 0.1) is 0 Å². The standard InChI is InChI=1S/C13H11NS/c15-13-7-3-6-12-10(13)8-9-4-1-2-5-11(9)14-12/h1-7,14-15H,8H2. The summed E-state index contributed by atoms with van der Waals surface area (Å²) in [5.74, 6) is 0. The largest absolute Gasteiger partial charge is 0.355 e. The maximum atomic E-state index is 4.49. The summed E-state index contributed by atoms with van der Waals surface area (Å²) in [6.45, 7) is 0. The van der Waals surface area contributed by atoms with Crippen molar-refractivity contribution < 1.29 is 0 Å². The van der Waals surface area contributed by atoms with Gasteiger partial charge in [-0.3, -0.25) is 0 Å². The van der Waals surface area contributed by atoms with E-state index in [0.29, 0.717) is 0 Å². The minimum Gasteiger partial charge on any atom is -0.355 e. The van der Waals surface area contributed by atoms with E-state index in [1.165, 1.54) is 22.5 Å². The van der Waals surface area contributed by atoms with Crippen molar-refractivity contribution >= 4 is 24.0 Å². The second kappa shape index (κ2) is 3.31. The van der Waals surface area contributed by atoms with E-state index in [1.54, 1.807) is 0 Å². The van der Waals surface area contributed by atoms with E-state index < -0.39 is 0 Å². The maximum absolute atomic E-state index is 4.49. The van der Waals surface area contributed by atoms with E-state index in [-0.39, 0.29) is 0 Å². The molecule has 0 unspecified atom stereocenters. The molecule has 0 atom stereocenters. The number of hydrogen-bond donors (Lipinski definition) is 2. The number of fused-ring (bicyclic) bond motifs is 2. The van der Waals surface area contributed by atoms with Crippen molar-refractivity contribution in [3.8, 4) is 0 Å². The predicted molar refractivity (Wildman–Crippen MR) is 66.2 cm³/mol. The number of hydrogen-bond acceptors (Lipinski definition) is 2. The van der Waals surface area contributed by atoms with Crippen LogP contribution in [0.5, 0.6) is 0 Å². The SMILES string of the molecule is Sc1cccc2c1Cc1ccccc1N2. The van der Waals surface area contributed by atoms with Crippen LogP contribution < -0.4 is 5.32 Å². The Morgan fingerprint density at radius 2 is 1.73 bits per heavy atom. The summed E-state index contributed by atoms with van der Waals surface area (Å²) < 4.78 is 0. The molecule has 2 aromatic rings. The van der Waals surface area contributed by atoms with Crippen molar-refractivity contribution in [2.24, 2.45) is 0 Å². The summed E-state index contributed by atoms with van der Waals surface area (Å²) in [7, 11) is 0. The van der Waals surface area contributed by atoms with Crippen LogP contribution in [0.1, 0.15) is 11.1 Å². The first kappa shape index (κ1) is 8.86. The van der Waals surface area contributed by atoms with Gasteiger partial charge in [-0.1, -0.05) is 24.3 Å². The maximum Gasteiger partial charge on any atom is 0.0431 e. The molecular formula is C13H11NS. The van der Waals surface area contributed by atoms with Crippen LogP contribution in [0.25, 0.3) is 0 Å². The molecule has 0 spiro atoms. The molecule has 0 saturated carbocycles. The van der Waals surface area contributed by atoms with Crippen molar-refractivity contribution in [1.82, 2.24) is 0 Å². The number of thiol groups is 1. The Kier molecular flexibility index (Phi) is 1.96. The van der Waals surface area contributed by atoms with Gasteiger partial charge in [0.1, 0.15) is 0 Å². The summed E-state index contributed by atoms with van der Waals surface area (Å²) in [5.41, 5.74) is 5.02. The lowest BCUT2D eigenvalue weighted by molar-refractivity contribution is 1.10. The average Bonchev–Trinajstić information content (AvgIpc) is 2.27. The third-order valence-corrected chi connectivity index (χ3v) is 3.22. The normalized spacial score (nSPS) is 12.6. The van der Waals surface area contributed by atoms with Gasteiger partial charge in [0, 0.05) is 22.7 Å². The highest BCUT2D eigenvalue weighted by Crippen LogP contribution is 2.35. The minimum atomic E-state index is 0.970. The molecule has 1 aliphatic heterocycles. The first-order valence-corrected chi connectivity index (χ1v) is 5.45. The van der Waals surface area contributed by atoms with Gasteiger partial charge in [-0.05, 0) is 29.3 Å². The van der Waals surface area contributed by atoms with Crippen LogP contribution in [-0.4, -0.2) is 0 Å². The molecular weight excluding hydrogens is 202 g/mol. The zero-order valence-corrected chi connectivity index (χ0v) is 9.09. The van der Waals surface area contributed by atoms with E-state index in [9.17, 15) is 0 Å². The van der Waals surface area contributed by atoms with Crippen LogP contribution in [0.4, 0.5) is 11.4 Å². The Labute approximate surface area is 94.6 Å². The Bertz CT molecular complexity index is 520. The molecule has 0 bridgehead atoms. The summed E-state index contributed by atoms with van der Waals surface area (Å²) in [6, 6.07) is 14.6. The third-order valence-electron chi connectivity index (χ3n) is 2.81. The van der Waals surface area contributed by atoms with E-state index in [2.05, 4.69) is 48.3 Å². The highest BCUT2D eigenvalue weighted by molar-refractivity contribution is 7.80. The molecule has 1 heterocycles. The van der Waals surface area contributed by atoms with Gasteiger partial charge in [0.15, 0.2) is 0 Å². The molecule has 0 radical (unpaired) electrons. The highest BCUT2D eigenvalue weighted by atomic mass is 32.1. The first-order chi connectivity index (χ1) is 7.34. The van der Waals surface area contributed by atoms with Crippen LogP contribution in [0.2, 0.25) is 0 Å². The first-order valence-electron chi connectivity index (χ1n) is 5.00. The second-order valence-electron chi connectivity index (χ2n) is 3.76. The zero-order valence-electron chi connectivity index (χ0n) is 8.20. The highest BCUT2D eigenvalue weighted by Gasteiger charge is 2.15. The molecule has 3 rings (SSSR count). The fraction of sp³-hybridized carbons (Fsp3) is 0.0769. The van der Waals surface area contributed by atoms with E-state index in [4.69, 9.17) is 0 Å². The van der Waals surface area contributed by atoms with Gasteiger partial charge in [0.05, 0.1) is 0 Å². The van der Waals surface area contributed by atoms with Crippen LogP contribution in [0.15, 0.2) is 47.4 Å². The molecule has 2 aromatic carbocycles. The molecule has 0 amide bonds.